The summed E-state index contributed by atoms with van der Waals surface area (Å²) in [5.41, 5.74) is 7.26. The molecule has 1 aromatic rings. The van der Waals surface area contributed by atoms with Gasteiger partial charge in [0, 0.05) is 36.7 Å². The predicted molar refractivity (Wildman–Crippen MR) is 78.3 cm³/mol. The van der Waals surface area contributed by atoms with Gasteiger partial charge in [0.15, 0.2) is 0 Å². The highest BCUT2D eigenvalue weighted by Gasteiger charge is 2.24. The summed E-state index contributed by atoms with van der Waals surface area (Å²) >= 11 is 2.05. The molecule has 0 bridgehead atoms. The van der Waals surface area contributed by atoms with Gasteiger partial charge in [-0.05, 0) is 17.7 Å². The van der Waals surface area contributed by atoms with Crippen LogP contribution in [0.4, 0.5) is 0 Å². The van der Waals surface area contributed by atoms with Crippen molar-refractivity contribution in [3.05, 3.63) is 29.8 Å². The van der Waals surface area contributed by atoms with Crippen molar-refractivity contribution >= 4 is 11.8 Å². The SMILES string of the molecule is COc1ccc(C(CN)N2CCSC(C)C2)cc1. The van der Waals surface area contributed by atoms with Gasteiger partial charge in [-0.25, -0.2) is 0 Å². The Morgan fingerprint density at radius 1 is 1.44 bits per heavy atom. The minimum atomic E-state index is 0.333. The molecule has 4 heteroatoms. The summed E-state index contributed by atoms with van der Waals surface area (Å²) in [5, 5.41) is 0.700. The van der Waals surface area contributed by atoms with Crippen LogP contribution in [0.15, 0.2) is 24.3 Å². The second kappa shape index (κ2) is 6.45. The zero-order valence-electron chi connectivity index (χ0n) is 11.1. The van der Waals surface area contributed by atoms with Gasteiger partial charge in [-0.2, -0.15) is 11.8 Å². The van der Waals surface area contributed by atoms with E-state index in [2.05, 4.69) is 24.0 Å². The second-order valence-electron chi connectivity index (χ2n) is 4.70. The molecule has 0 aromatic heterocycles. The first-order valence-electron chi connectivity index (χ1n) is 6.44. The fraction of sp³-hybridized carbons (Fsp3) is 0.571. The van der Waals surface area contributed by atoms with Gasteiger partial charge < -0.3 is 10.5 Å². The molecular weight excluding hydrogens is 244 g/mol. The average molecular weight is 266 g/mol. The number of benzene rings is 1. The third kappa shape index (κ3) is 3.19. The molecule has 100 valence electrons. The molecule has 2 unspecified atom stereocenters. The standard InChI is InChI=1S/C14H22N2OS/c1-11-10-16(7-8-18-11)14(9-15)12-3-5-13(17-2)6-4-12/h3-6,11,14H,7-10,15H2,1-2H3. The van der Waals surface area contributed by atoms with Crippen LogP contribution >= 0.6 is 11.8 Å². The number of thioether (sulfide) groups is 1. The van der Waals surface area contributed by atoms with E-state index in [0.717, 1.165) is 18.8 Å². The van der Waals surface area contributed by atoms with E-state index in [1.54, 1.807) is 7.11 Å². The van der Waals surface area contributed by atoms with Crippen molar-refractivity contribution < 1.29 is 4.74 Å². The molecule has 1 saturated heterocycles. The Balaban J connectivity index is 2.11. The van der Waals surface area contributed by atoms with Crippen molar-refractivity contribution in [2.75, 3.05) is 32.5 Å². The molecular formula is C14H22N2OS. The average Bonchev–Trinajstić information content (AvgIpc) is 2.40. The van der Waals surface area contributed by atoms with Gasteiger partial charge in [0.2, 0.25) is 0 Å². The lowest BCUT2D eigenvalue weighted by Gasteiger charge is -2.36. The molecule has 3 nitrogen and oxygen atoms in total. The topological polar surface area (TPSA) is 38.5 Å². The van der Waals surface area contributed by atoms with Crippen LogP contribution in [-0.4, -0.2) is 42.6 Å². The van der Waals surface area contributed by atoms with Crippen molar-refractivity contribution in [2.45, 2.75) is 18.2 Å². The van der Waals surface area contributed by atoms with E-state index in [9.17, 15) is 0 Å². The van der Waals surface area contributed by atoms with Crippen LogP contribution in [0, 0.1) is 0 Å². The fourth-order valence-electron chi connectivity index (χ4n) is 2.45. The highest BCUT2D eigenvalue weighted by Crippen LogP contribution is 2.27. The van der Waals surface area contributed by atoms with Gasteiger partial charge >= 0.3 is 0 Å². The molecule has 0 saturated carbocycles. The van der Waals surface area contributed by atoms with Gasteiger partial charge in [-0.1, -0.05) is 19.1 Å². The van der Waals surface area contributed by atoms with Gasteiger partial charge in [0.05, 0.1) is 7.11 Å². The Labute approximate surface area is 114 Å². The van der Waals surface area contributed by atoms with Crippen molar-refractivity contribution in [3.63, 3.8) is 0 Å². The molecule has 18 heavy (non-hydrogen) atoms. The van der Waals surface area contributed by atoms with E-state index in [4.69, 9.17) is 10.5 Å². The van der Waals surface area contributed by atoms with Crippen LogP contribution in [0.1, 0.15) is 18.5 Å². The number of hydrogen-bond donors (Lipinski definition) is 1. The zero-order chi connectivity index (χ0) is 13.0. The summed E-state index contributed by atoms with van der Waals surface area (Å²) < 4.78 is 5.20. The maximum atomic E-state index is 5.97. The maximum absolute atomic E-state index is 5.97. The first-order chi connectivity index (χ1) is 8.74. The van der Waals surface area contributed by atoms with E-state index >= 15 is 0 Å². The first kappa shape index (κ1) is 13.7. The second-order valence-corrected chi connectivity index (χ2v) is 6.25. The zero-order valence-corrected chi connectivity index (χ0v) is 12.0. The third-order valence-corrected chi connectivity index (χ3v) is 4.57. The molecule has 1 aliphatic heterocycles. The van der Waals surface area contributed by atoms with Gasteiger partial charge in [0.1, 0.15) is 5.75 Å². The smallest absolute Gasteiger partial charge is 0.118 e. The molecule has 0 radical (unpaired) electrons. The molecule has 0 amide bonds. The molecule has 1 aliphatic rings. The van der Waals surface area contributed by atoms with Crippen molar-refractivity contribution in [3.8, 4) is 5.75 Å². The van der Waals surface area contributed by atoms with E-state index in [0.29, 0.717) is 17.8 Å². The molecule has 1 heterocycles. The fourth-order valence-corrected chi connectivity index (χ4v) is 3.49. The van der Waals surface area contributed by atoms with Gasteiger partial charge in [0.25, 0.3) is 0 Å². The van der Waals surface area contributed by atoms with Crippen molar-refractivity contribution in [1.82, 2.24) is 4.90 Å². The maximum Gasteiger partial charge on any atom is 0.118 e. The summed E-state index contributed by atoms with van der Waals surface area (Å²) in [6.07, 6.45) is 0. The number of ether oxygens (including phenoxy) is 1. The summed E-state index contributed by atoms with van der Waals surface area (Å²) in [5.74, 6) is 2.10. The van der Waals surface area contributed by atoms with Crippen LogP contribution in [0.2, 0.25) is 0 Å². The Bertz CT molecular complexity index is 369. The molecule has 2 rings (SSSR count). The number of methoxy groups -OCH3 is 1. The van der Waals surface area contributed by atoms with E-state index in [1.165, 1.54) is 11.3 Å². The largest absolute Gasteiger partial charge is 0.497 e. The molecule has 2 atom stereocenters. The lowest BCUT2D eigenvalue weighted by atomic mass is 10.0. The van der Waals surface area contributed by atoms with Crippen molar-refractivity contribution in [1.29, 1.82) is 0 Å². The van der Waals surface area contributed by atoms with E-state index in [-0.39, 0.29) is 0 Å². The van der Waals surface area contributed by atoms with Crippen LogP contribution in [0.3, 0.4) is 0 Å². The van der Waals surface area contributed by atoms with E-state index < -0.39 is 0 Å². The minimum absolute atomic E-state index is 0.333. The van der Waals surface area contributed by atoms with Gasteiger partial charge in [-0.3, -0.25) is 4.90 Å². The molecule has 1 aromatic carbocycles. The third-order valence-electron chi connectivity index (χ3n) is 3.44. The lowest BCUT2D eigenvalue weighted by molar-refractivity contribution is 0.211. The van der Waals surface area contributed by atoms with Gasteiger partial charge in [-0.15, -0.1) is 0 Å². The lowest BCUT2D eigenvalue weighted by Crippen LogP contribution is -2.42. The number of rotatable bonds is 4. The highest BCUT2D eigenvalue weighted by molar-refractivity contribution is 7.99. The number of nitrogens with two attached hydrogens (primary N) is 1. The molecule has 0 spiro atoms. The minimum Gasteiger partial charge on any atom is -0.497 e. The number of hydrogen-bond acceptors (Lipinski definition) is 4. The molecule has 2 N–H and O–H groups in total. The summed E-state index contributed by atoms with van der Waals surface area (Å²) in [7, 11) is 1.69. The van der Waals surface area contributed by atoms with Crippen LogP contribution in [0.5, 0.6) is 5.75 Å². The first-order valence-corrected chi connectivity index (χ1v) is 7.49. The molecule has 0 aliphatic carbocycles. The van der Waals surface area contributed by atoms with Crippen LogP contribution < -0.4 is 10.5 Å². The summed E-state index contributed by atoms with van der Waals surface area (Å²) in [6, 6.07) is 8.62. The Kier molecular flexibility index (Phi) is 4.92. The van der Waals surface area contributed by atoms with Crippen molar-refractivity contribution in [2.24, 2.45) is 5.73 Å². The predicted octanol–water partition coefficient (Wildman–Crippen LogP) is 2.13. The number of nitrogens with zero attached hydrogens (tertiary/aromatic N) is 1. The Hall–Kier alpha value is -0.710. The Morgan fingerprint density at radius 2 is 2.17 bits per heavy atom. The molecule has 1 fully saturated rings. The summed E-state index contributed by atoms with van der Waals surface area (Å²) in [6.45, 7) is 5.21. The normalized spacial score (nSPS) is 22.7. The quantitative estimate of drug-likeness (QED) is 0.906. The van der Waals surface area contributed by atoms with Crippen LogP contribution in [0.25, 0.3) is 0 Å². The highest BCUT2D eigenvalue weighted by atomic mass is 32.2. The Morgan fingerprint density at radius 3 is 2.72 bits per heavy atom. The summed E-state index contributed by atoms with van der Waals surface area (Å²) in [4.78, 5) is 2.50. The van der Waals surface area contributed by atoms with E-state index in [1.807, 2.05) is 23.9 Å². The van der Waals surface area contributed by atoms with Crippen LogP contribution in [-0.2, 0) is 0 Å². The monoisotopic (exact) mass is 266 g/mol.